The minimum absolute atomic E-state index is 0.0837. The minimum atomic E-state index is -1.99. The second-order valence-corrected chi connectivity index (χ2v) is 23.0. The summed E-state index contributed by atoms with van der Waals surface area (Å²) in [7, 11) is 0. The van der Waals surface area contributed by atoms with E-state index in [2.05, 4.69) is 33.8 Å². The minimum Gasteiger partial charge on any atom is -0.481 e. The molecule has 0 amide bonds. The van der Waals surface area contributed by atoms with Crippen LogP contribution in [0, 0.1) is 50.2 Å². The summed E-state index contributed by atoms with van der Waals surface area (Å²) in [4.78, 5) is 40.6. The van der Waals surface area contributed by atoms with Gasteiger partial charge in [0.15, 0.2) is 24.8 Å². The molecule has 5 aliphatic carbocycles. The van der Waals surface area contributed by atoms with Crippen molar-refractivity contribution in [3.63, 3.8) is 0 Å². The molecular formula is C47H72O20. The summed E-state index contributed by atoms with van der Waals surface area (Å²) in [5, 5.41) is 118. The maximum Gasteiger partial charge on any atom is 0.335 e. The lowest BCUT2D eigenvalue weighted by molar-refractivity contribution is -0.350. The van der Waals surface area contributed by atoms with Crippen LogP contribution in [0.5, 0.6) is 0 Å². The van der Waals surface area contributed by atoms with Crippen LogP contribution in [0.25, 0.3) is 0 Å². The molecule has 4 saturated carbocycles. The van der Waals surface area contributed by atoms with Gasteiger partial charge in [-0.1, -0.05) is 46.3 Å². The summed E-state index contributed by atoms with van der Waals surface area (Å²) in [6.07, 6.45) is -19.8. The summed E-state index contributed by atoms with van der Waals surface area (Å²) in [5.74, 6) is -4.56. The Labute approximate surface area is 389 Å². The monoisotopic (exact) mass is 956 g/mol. The number of ether oxygens (including phenoxy) is 6. The third-order valence-electron chi connectivity index (χ3n) is 18.9. The Kier molecular flexibility index (Phi) is 13.2. The highest BCUT2D eigenvalue weighted by Crippen LogP contribution is 2.76. The number of aliphatic hydroxyl groups is 9. The first-order valence-corrected chi connectivity index (χ1v) is 23.8. The van der Waals surface area contributed by atoms with E-state index in [0.29, 0.717) is 51.4 Å². The molecule has 380 valence electrons. The molecule has 0 aromatic heterocycles. The van der Waals surface area contributed by atoms with E-state index in [0.717, 1.165) is 5.57 Å². The van der Waals surface area contributed by atoms with Crippen LogP contribution < -0.4 is 0 Å². The summed E-state index contributed by atoms with van der Waals surface area (Å²) in [6.45, 7) is 13.4. The summed E-state index contributed by atoms with van der Waals surface area (Å²) >= 11 is 0. The number of carbonyl (C=O) groups excluding carboxylic acids is 1. The molecule has 20 nitrogen and oxygen atoms in total. The third kappa shape index (κ3) is 7.74. The first kappa shape index (κ1) is 51.0. The van der Waals surface area contributed by atoms with Crippen molar-refractivity contribution in [3.05, 3.63) is 11.6 Å². The van der Waals surface area contributed by atoms with E-state index >= 15 is 4.79 Å². The fourth-order valence-electron chi connectivity index (χ4n) is 14.7. The van der Waals surface area contributed by atoms with Crippen LogP contribution in [0.1, 0.15) is 106 Å². The molecule has 0 aromatic rings. The van der Waals surface area contributed by atoms with Gasteiger partial charge in [0.1, 0.15) is 54.9 Å². The number of allylic oxidation sites excluding steroid dienone is 2. The molecule has 3 heterocycles. The van der Waals surface area contributed by atoms with Crippen LogP contribution in [0.2, 0.25) is 0 Å². The average molecular weight is 957 g/mol. The van der Waals surface area contributed by atoms with Gasteiger partial charge in [-0.3, -0.25) is 9.59 Å². The largest absolute Gasteiger partial charge is 0.481 e. The van der Waals surface area contributed by atoms with Crippen molar-refractivity contribution in [1.29, 1.82) is 0 Å². The Morgan fingerprint density at radius 2 is 1.30 bits per heavy atom. The summed E-state index contributed by atoms with van der Waals surface area (Å²) < 4.78 is 35.0. The zero-order chi connectivity index (χ0) is 49.3. The standard InChI is InChI=1S/C47H72O20/c1-19-26(50)28(52)31(55)37(63-19)65-34-27(51)23(49)18-62-39(34)67-41(61)47-14-12-42(2,3)16-21(47)20-8-9-24-43(4)17-22(48)35(66-38-32(56)29(53)30(54)33(64-38)36(57)58)46(7,40(59)60)25(43)10-11-45(24,6)44(20,5)13-15-47/h8,19,21-35,37-39,48-56H,9-18H2,1-7H3,(H,57,58)(H,59,60). The molecule has 3 saturated heterocycles. The van der Waals surface area contributed by atoms with Crippen LogP contribution >= 0.6 is 0 Å². The topological polar surface area (TPSA) is 329 Å². The summed E-state index contributed by atoms with van der Waals surface area (Å²) in [6, 6.07) is 0. The highest BCUT2D eigenvalue weighted by atomic mass is 16.8. The van der Waals surface area contributed by atoms with Gasteiger partial charge in [-0.2, -0.15) is 0 Å². The van der Waals surface area contributed by atoms with Crippen LogP contribution in [0.3, 0.4) is 0 Å². The maximum absolute atomic E-state index is 15.0. The predicted molar refractivity (Wildman–Crippen MR) is 227 cm³/mol. The lowest BCUT2D eigenvalue weighted by atomic mass is 9.33. The van der Waals surface area contributed by atoms with Crippen molar-refractivity contribution in [2.24, 2.45) is 50.2 Å². The molecule has 8 aliphatic rings. The van der Waals surface area contributed by atoms with Gasteiger partial charge >= 0.3 is 17.9 Å². The third-order valence-corrected chi connectivity index (χ3v) is 18.9. The van der Waals surface area contributed by atoms with Crippen LogP contribution in [-0.2, 0) is 42.8 Å². The molecule has 20 heteroatoms. The van der Waals surface area contributed by atoms with Crippen molar-refractivity contribution in [3.8, 4) is 0 Å². The molecule has 0 bridgehead atoms. The second kappa shape index (κ2) is 17.4. The predicted octanol–water partition coefficient (Wildman–Crippen LogP) is -0.0650. The molecule has 7 fully saturated rings. The van der Waals surface area contributed by atoms with Crippen molar-refractivity contribution in [2.45, 2.75) is 204 Å². The highest BCUT2D eigenvalue weighted by Gasteiger charge is 2.73. The lowest BCUT2D eigenvalue weighted by Crippen LogP contribution is -2.70. The van der Waals surface area contributed by atoms with Crippen LogP contribution in [0.4, 0.5) is 0 Å². The highest BCUT2D eigenvalue weighted by molar-refractivity contribution is 5.79. The van der Waals surface area contributed by atoms with E-state index in [1.54, 1.807) is 0 Å². The number of carboxylic acid groups (broad SMARTS) is 2. The number of aliphatic carboxylic acids is 2. The fraction of sp³-hybridized carbons (Fsp3) is 0.894. The Morgan fingerprint density at radius 1 is 0.672 bits per heavy atom. The van der Waals surface area contributed by atoms with Gasteiger partial charge in [0.25, 0.3) is 0 Å². The number of hydrogen-bond donors (Lipinski definition) is 11. The molecule has 0 aromatic carbocycles. The smallest absolute Gasteiger partial charge is 0.335 e. The van der Waals surface area contributed by atoms with Crippen molar-refractivity contribution in [2.75, 3.05) is 6.61 Å². The zero-order valence-electron chi connectivity index (χ0n) is 39.2. The zero-order valence-corrected chi connectivity index (χ0v) is 39.2. The molecule has 3 aliphatic heterocycles. The number of aliphatic hydroxyl groups excluding tert-OH is 9. The van der Waals surface area contributed by atoms with Gasteiger partial charge in [-0.25, -0.2) is 4.79 Å². The van der Waals surface area contributed by atoms with E-state index < -0.39 is 156 Å². The Morgan fingerprint density at radius 3 is 1.94 bits per heavy atom. The number of rotatable bonds is 8. The SMILES string of the molecule is CC1OC(OC2C(OC(=O)C34CCC(C)(C)CC3C3=CCC5C6(C)CC(O)C(OC7OC(C(=O)O)C(O)C(O)C7O)C(C)(C(=O)O)C6CCC5(C)C3(C)CC4)OCC(O)C2O)C(O)C(O)C1O. The molecule has 8 rings (SSSR count). The normalized spacial score (nSPS) is 54.0. The van der Waals surface area contributed by atoms with Crippen LogP contribution in [-0.4, -0.2) is 179 Å². The van der Waals surface area contributed by atoms with E-state index in [1.807, 2.05) is 6.92 Å². The second-order valence-electron chi connectivity index (χ2n) is 23.0. The average Bonchev–Trinajstić information content (AvgIpc) is 3.25. The van der Waals surface area contributed by atoms with E-state index in [1.165, 1.54) is 13.8 Å². The van der Waals surface area contributed by atoms with E-state index in [4.69, 9.17) is 28.4 Å². The van der Waals surface area contributed by atoms with Crippen LogP contribution in [0.15, 0.2) is 11.6 Å². The van der Waals surface area contributed by atoms with Gasteiger partial charge in [0.05, 0.1) is 29.6 Å². The Bertz CT molecular complexity index is 1950. The van der Waals surface area contributed by atoms with Crippen molar-refractivity contribution < 1.29 is 99.0 Å². The Balaban J connectivity index is 1.08. The van der Waals surface area contributed by atoms with Gasteiger partial charge in [-0.15, -0.1) is 0 Å². The van der Waals surface area contributed by atoms with Crippen molar-refractivity contribution in [1.82, 2.24) is 0 Å². The molecule has 24 unspecified atom stereocenters. The molecule has 24 atom stereocenters. The number of esters is 1. The first-order valence-electron chi connectivity index (χ1n) is 23.8. The Hall–Kier alpha value is -2.41. The quantitative estimate of drug-likeness (QED) is 0.0862. The van der Waals surface area contributed by atoms with Crippen molar-refractivity contribution >= 4 is 17.9 Å². The lowest BCUT2D eigenvalue weighted by Gasteiger charge is -2.71. The number of hydrogen-bond acceptors (Lipinski definition) is 18. The van der Waals surface area contributed by atoms with Gasteiger partial charge in [0, 0.05) is 0 Å². The molecular weight excluding hydrogens is 884 g/mol. The molecule has 11 N–H and O–H groups in total. The van der Waals surface area contributed by atoms with Gasteiger partial charge < -0.3 is 84.6 Å². The van der Waals surface area contributed by atoms with Gasteiger partial charge in [-0.05, 0) is 111 Å². The van der Waals surface area contributed by atoms with Gasteiger partial charge in [0.2, 0.25) is 6.29 Å². The fourth-order valence-corrected chi connectivity index (χ4v) is 14.7. The number of carboxylic acids is 2. The first-order chi connectivity index (χ1) is 31.1. The summed E-state index contributed by atoms with van der Waals surface area (Å²) in [5.41, 5.74) is -3.73. The molecule has 67 heavy (non-hydrogen) atoms. The maximum atomic E-state index is 15.0. The number of fused-ring (bicyclic) bond motifs is 7. The number of carbonyl (C=O) groups is 3. The van der Waals surface area contributed by atoms with E-state index in [-0.39, 0.29) is 23.7 Å². The molecule has 0 spiro atoms. The molecule has 0 radical (unpaired) electrons. The van der Waals surface area contributed by atoms with E-state index in [9.17, 15) is 65.8 Å².